The van der Waals surface area contributed by atoms with Crippen molar-refractivity contribution < 1.29 is 14.9 Å². The number of fused-ring (bicyclic) bond motifs is 1. The molecule has 0 aliphatic carbocycles. The minimum absolute atomic E-state index is 0.215. The van der Waals surface area contributed by atoms with Crippen molar-refractivity contribution in [2.24, 2.45) is 0 Å². The van der Waals surface area contributed by atoms with E-state index in [0.717, 1.165) is 11.3 Å². The summed E-state index contributed by atoms with van der Waals surface area (Å²) >= 11 is 0. The molecule has 26 heavy (non-hydrogen) atoms. The van der Waals surface area contributed by atoms with E-state index >= 15 is 0 Å². The van der Waals surface area contributed by atoms with Crippen molar-refractivity contribution in [3.05, 3.63) is 47.9 Å². The van der Waals surface area contributed by atoms with Gasteiger partial charge in [0, 0.05) is 24.7 Å². The van der Waals surface area contributed by atoms with Crippen LogP contribution in [0, 0.1) is 6.92 Å². The van der Waals surface area contributed by atoms with E-state index in [4.69, 9.17) is 4.74 Å². The number of rotatable bonds is 4. The highest BCUT2D eigenvalue weighted by Crippen LogP contribution is 2.35. The molecule has 1 aliphatic rings. The maximum atomic E-state index is 10.0. The van der Waals surface area contributed by atoms with Gasteiger partial charge in [-0.1, -0.05) is 18.2 Å². The van der Waals surface area contributed by atoms with Crippen molar-refractivity contribution in [3.8, 4) is 0 Å². The Morgan fingerprint density at radius 1 is 1.27 bits per heavy atom. The van der Waals surface area contributed by atoms with Gasteiger partial charge in [0.2, 0.25) is 5.95 Å². The third-order valence-corrected chi connectivity index (χ3v) is 4.68. The van der Waals surface area contributed by atoms with Crippen LogP contribution in [0.4, 0.5) is 11.6 Å². The topological polar surface area (TPSA) is 96.0 Å². The Bertz CT molecular complexity index is 914. The lowest BCUT2D eigenvalue weighted by molar-refractivity contribution is -0.0222. The molecule has 136 valence electrons. The fourth-order valence-corrected chi connectivity index (χ4v) is 3.29. The molecule has 3 atom stereocenters. The molecular formula is C18H21N5O3. The lowest BCUT2D eigenvalue weighted by Gasteiger charge is -2.19. The van der Waals surface area contributed by atoms with Crippen LogP contribution in [0.2, 0.25) is 0 Å². The van der Waals surface area contributed by atoms with Crippen LogP contribution in [0.3, 0.4) is 0 Å². The van der Waals surface area contributed by atoms with Gasteiger partial charge in [0.1, 0.15) is 11.9 Å². The molecule has 1 aliphatic heterocycles. The maximum absolute atomic E-state index is 10.0. The first-order chi connectivity index (χ1) is 12.6. The first-order valence-electron chi connectivity index (χ1n) is 8.54. The van der Waals surface area contributed by atoms with Crippen molar-refractivity contribution in [1.82, 2.24) is 19.6 Å². The highest BCUT2D eigenvalue weighted by molar-refractivity contribution is 5.60. The van der Waals surface area contributed by atoms with E-state index in [0.29, 0.717) is 23.8 Å². The Morgan fingerprint density at radius 3 is 2.73 bits per heavy atom. The van der Waals surface area contributed by atoms with Crippen molar-refractivity contribution in [3.63, 3.8) is 0 Å². The Labute approximate surface area is 150 Å². The standard InChI is InChI=1S/C18H21N5O3/c1-11-20-17-13(15-8-14(25)16(10-24)26-15)9-19-23(17)18(21-11)22(2)12-6-4-3-5-7-12/h3-7,9,14-16,24-25H,8,10H2,1-2H3/t14-,15-,16-/m1/s1. The summed E-state index contributed by atoms with van der Waals surface area (Å²) in [6.07, 6.45) is 0.463. The molecule has 1 saturated heterocycles. The smallest absolute Gasteiger partial charge is 0.234 e. The first-order valence-corrected chi connectivity index (χ1v) is 8.54. The molecule has 2 N–H and O–H groups in total. The number of anilines is 2. The zero-order valence-corrected chi connectivity index (χ0v) is 14.6. The van der Waals surface area contributed by atoms with Crippen molar-refractivity contribution >= 4 is 17.3 Å². The van der Waals surface area contributed by atoms with E-state index in [1.54, 1.807) is 10.7 Å². The highest BCUT2D eigenvalue weighted by Gasteiger charge is 2.36. The SMILES string of the molecule is Cc1nc(N(C)c2ccccc2)n2ncc([C@H]3C[C@@H](O)[C@@H](CO)O3)c2n1. The van der Waals surface area contributed by atoms with Crippen molar-refractivity contribution in [2.45, 2.75) is 31.7 Å². The molecule has 0 unspecified atom stereocenters. The van der Waals surface area contributed by atoms with E-state index in [2.05, 4.69) is 15.1 Å². The van der Waals surface area contributed by atoms with Gasteiger partial charge in [-0.15, -0.1) is 0 Å². The quantitative estimate of drug-likeness (QED) is 0.730. The number of aliphatic hydroxyl groups excluding tert-OH is 2. The summed E-state index contributed by atoms with van der Waals surface area (Å²) in [7, 11) is 1.93. The van der Waals surface area contributed by atoms with Gasteiger partial charge >= 0.3 is 0 Å². The van der Waals surface area contributed by atoms with E-state index < -0.39 is 12.2 Å². The number of nitrogens with zero attached hydrogens (tertiary/aromatic N) is 5. The normalized spacial score (nSPS) is 22.8. The Morgan fingerprint density at radius 2 is 2.04 bits per heavy atom. The fourth-order valence-electron chi connectivity index (χ4n) is 3.29. The molecule has 3 heterocycles. The number of aryl methyl sites for hydroxylation is 1. The van der Waals surface area contributed by atoms with Gasteiger partial charge in [-0.05, 0) is 19.1 Å². The first kappa shape index (κ1) is 16.9. The zero-order chi connectivity index (χ0) is 18.3. The molecule has 0 spiro atoms. The van der Waals surface area contributed by atoms with Gasteiger partial charge in [0.05, 0.1) is 25.0 Å². The third-order valence-electron chi connectivity index (χ3n) is 4.68. The number of hydrogen-bond acceptors (Lipinski definition) is 7. The molecule has 0 radical (unpaired) electrons. The average molecular weight is 355 g/mol. The van der Waals surface area contributed by atoms with Crippen LogP contribution in [-0.4, -0.2) is 55.7 Å². The minimum atomic E-state index is -0.700. The molecule has 4 rings (SSSR count). The Balaban J connectivity index is 1.77. The number of hydrogen-bond donors (Lipinski definition) is 2. The van der Waals surface area contributed by atoms with Gasteiger partial charge in [0.25, 0.3) is 0 Å². The lowest BCUT2D eigenvalue weighted by Crippen LogP contribution is -2.24. The van der Waals surface area contributed by atoms with Gasteiger partial charge < -0.3 is 19.8 Å². The summed E-state index contributed by atoms with van der Waals surface area (Å²) < 4.78 is 7.45. The second kappa shape index (κ2) is 6.64. The zero-order valence-electron chi connectivity index (χ0n) is 14.6. The van der Waals surface area contributed by atoms with Crippen LogP contribution >= 0.6 is 0 Å². The highest BCUT2D eigenvalue weighted by atomic mass is 16.5. The second-order valence-electron chi connectivity index (χ2n) is 6.45. The molecule has 1 fully saturated rings. The molecule has 3 aromatic rings. The van der Waals surface area contributed by atoms with Gasteiger partial charge in [-0.2, -0.15) is 14.6 Å². The predicted octanol–water partition coefficient (Wildman–Crippen LogP) is 1.38. The van der Waals surface area contributed by atoms with Crippen molar-refractivity contribution in [2.75, 3.05) is 18.6 Å². The number of para-hydroxylation sites is 1. The van der Waals surface area contributed by atoms with E-state index in [1.165, 1.54) is 0 Å². The van der Waals surface area contributed by atoms with Crippen LogP contribution < -0.4 is 4.90 Å². The second-order valence-corrected chi connectivity index (χ2v) is 6.45. The summed E-state index contributed by atoms with van der Waals surface area (Å²) in [5.74, 6) is 1.26. The van der Waals surface area contributed by atoms with E-state index in [9.17, 15) is 10.2 Å². The average Bonchev–Trinajstić information content (AvgIpc) is 3.24. The molecule has 0 saturated carbocycles. The molecular weight excluding hydrogens is 334 g/mol. The molecule has 8 heteroatoms. The van der Waals surface area contributed by atoms with Gasteiger partial charge in [-0.25, -0.2) is 4.98 Å². The molecule has 8 nitrogen and oxygen atoms in total. The summed E-state index contributed by atoms with van der Waals surface area (Å²) in [4.78, 5) is 11.0. The monoisotopic (exact) mass is 355 g/mol. The van der Waals surface area contributed by atoms with Crippen LogP contribution in [-0.2, 0) is 4.74 Å². The minimum Gasteiger partial charge on any atom is -0.394 e. The Hall–Kier alpha value is -2.55. The van der Waals surface area contributed by atoms with Crippen LogP contribution in [0.1, 0.15) is 23.9 Å². The third kappa shape index (κ3) is 2.82. The summed E-state index contributed by atoms with van der Waals surface area (Å²) in [5, 5.41) is 23.8. The fraction of sp³-hybridized carbons (Fsp3) is 0.389. The lowest BCUT2D eigenvalue weighted by atomic mass is 10.1. The Kier molecular flexibility index (Phi) is 4.31. The van der Waals surface area contributed by atoms with Gasteiger partial charge in [-0.3, -0.25) is 0 Å². The maximum Gasteiger partial charge on any atom is 0.234 e. The number of aromatic nitrogens is 4. The molecule has 2 aromatic heterocycles. The molecule has 0 bridgehead atoms. The van der Waals surface area contributed by atoms with Crippen LogP contribution in [0.25, 0.3) is 5.65 Å². The summed E-state index contributed by atoms with van der Waals surface area (Å²) in [5.41, 5.74) is 2.41. The van der Waals surface area contributed by atoms with Crippen LogP contribution in [0.15, 0.2) is 36.5 Å². The molecule has 1 aromatic carbocycles. The summed E-state index contributed by atoms with van der Waals surface area (Å²) in [6, 6.07) is 9.89. The predicted molar refractivity (Wildman–Crippen MR) is 95.3 cm³/mol. The molecule has 0 amide bonds. The number of aliphatic hydroxyl groups is 2. The van der Waals surface area contributed by atoms with Gasteiger partial charge in [0.15, 0.2) is 5.65 Å². The van der Waals surface area contributed by atoms with E-state index in [1.807, 2.05) is 49.2 Å². The number of ether oxygens (including phenoxy) is 1. The van der Waals surface area contributed by atoms with E-state index in [-0.39, 0.29) is 12.7 Å². The number of benzene rings is 1. The summed E-state index contributed by atoms with van der Waals surface area (Å²) in [6.45, 7) is 1.62. The largest absolute Gasteiger partial charge is 0.394 e. The van der Waals surface area contributed by atoms with Crippen molar-refractivity contribution in [1.29, 1.82) is 0 Å². The van der Waals surface area contributed by atoms with Crippen LogP contribution in [0.5, 0.6) is 0 Å².